The molecule has 0 spiro atoms. The molecule has 1 aliphatic heterocycles. The zero-order valence-corrected chi connectivity index (χ0v) is 22.1. The van der Waals surface area contributed by atoms with Gasteiger partial charge in [-0.3, -0.25) is 9.69 Å². The van der Waals surface area contributed by atoms with Crippen LogP contribution in [0.3, 0.4) is 0 Å². The predicted octanol–water partition coefficient (Wildman–Crippen LogP) is 3.96. The third kappa shape index (κ3) is 5.32. The van der Waals surface area contributed by atoms with Crippen LogP contribution in [0.1, 0.15) is 67.3 Å². The second-order valence-electron chi connectivity index (χ2n) is 9.66. The fourth-order valence-corrected chi connectivity index (χ4v) is 4.59. The van der Waals surface area contributed by atoms with E-state index in [1.807, 2.05) is 28.9 Å². The molecule has 2 aromatic heterocycles. The van der Waals surface area contributed by atoms with Gasteiger partial charge in [0.2, 0.25) is 0 Å². The summed E-state index contributed by atoms with van der Waals surface area (Å²) in [5.41, 5.74) is 3.26. The van der Waals surface area contributed by atoms with Crippen molar-refractivity contribution in [1.82, 2.24) is 25.0 Å². The maximum absolute atomic E-state index is 13.6. The quantitative estimate of drug-likeness (QED) is 0.481. The van der Waals surface area contributed by atoms with Crippen molar-refractivity contribution in [1.29, 1.82) is 0 Å². The first kappa shape index (κ1) is 25.9. The Bertz CT molecular complexity index is 1200. The number of carbonyl (C=O) groups is 1. The lowest BCUT2D eigenvalue weighted by atomic mass is 10.0. The molecule has 0 aliphatic carbocycles. The van der Waals surface area contributed by atoms with E-state index in [2.05, 4.69) is 43.0 Å². The van der Waals surface area contributed by atoms with Crippen LogP contribution in [0.15, 0.2) is 30.5 Å². The zero-order valence-electron chi connectivity index (χ0n) is 22.1. The molecule has 36 heavy (non-hydrogen) atoms. The lowest BCUT2D eigenvalue weighted by Crippen LogP contribution is -2.43. The number of ether oxygens (including phenoxy) is 3. The molecule has 0 radical (unpaired) electrons. The summed E-state index contributed by atoms with van der Waals surface area (Å²) in [6.07, 6.45) is 1.75. The van der Waals surface area contributed by atoms with Gasteiger partial charge in [-0.1, -0.05) is 19.9 Å². The summed E-state index contributed by atoms with van der Waals surface area (Å²) < 4.78 is 18.4. The fraction of sp³-hybridized carbons (Fsp3) is 0.519. The van der Waals surface area contributed by atoms with E-state index in [4.69, 9.17) is 19.2 Å². The minimum Gasteiger partial charge on any atom is -0.493 e. The monoisotopic (exact) mass is 495 g/mol. The Labute approximate surface area is 212 Å². The molecular formula is C27H37N5O4. The van der Waals surface area contributed by atoms with E-state index in [1.54, 1.807) is 20.4 Å². The topological polar surface area (TPSA) is 90.7 Å². The maximum atomic E-state index is 13.6. The van der Waals surface area contributed by atoms with Crippen molar-refractivity contribution in [2.75, 3.05) is 47.1 Å². The predicted molar refractivity (Wildman–Crippen MR) is 139 cm³/mol. The number of nitrogens with zero attached hydrogens (tertiary/aromatic N) is 4. The number of pyridine rings is 1. The van der Waals surface area contributed by atoms with Gasteiger partial charge in [0, 0.05) is 31.4 Å². The van der Waals surface area contributed by atoms with Gasteiger partial charge in [-0.15, -0.1) is 0 Å². The minimum atomic E-state index is -0.133. The van der Waals surface area contributed by atoms with Crippen molar-refractivity contribution in [3.63, 3.8) is 0 Å². The maximum Gasteiger partial charge on any atom is 0.252 e. The molecule has 0 unspecified atom stereocenters. The van der Waals surface area contributed by atoms with Crippen LogP contribution in [0.5, 0.6) is 11.5 Å². The number of fused-ring (bicyclic) bond motifs is 1. The van der Waals surface area contributed by atoms with Crippen LogP contribution in [-0.2, 0) is 4.74 Å². The van der Waals surface area contributed by atoms with Gasteiger partial charge in [0.25, 0.3) is 5.91 Å². The lowest BCUT2D eigenvalue weighted by molar-refractivity contribution is 0.0162. The first-order chi connectivity index (χ1) is 17.3. The molecule has 1 fully saturated rings. The molecule has 194 valence electrons. The highest BCUT2D eigenvalue weighted by molar-refractivity contribution is 6.05. The van der Waals surface area contributed by atoms with Gasteiger partial charge in [-0.2, -0.15) is 5.10 Å². The Morgan fingerprint density at radius 3 is 2.44 bits per heavy atom. The number of hydrogen-bond donors (Lipinski definition) is 1. The fourth-order valence-electron chi connectivity index (χ4n) is 4.59. The normalized spacial score (nSPS) is 15.4. The Morgan fingerprint density at radius 2 is 1.81 bits per heavy atom. The number of carbonyl (C=O) groups excluding carboxylic acids is 1. The average Bonchev–Trinajstić information content (AvgIpc) is 3.33. The van der Waals surface area contributed by atoms with Gasteiger partial charge in [-0.05, 0) is 43.5 Å². The standard InChI is InChI=1S/C27H37N5O4/c1-17(2)22-14-20(21-15-29-32(18(3)4)26(21)30-22)27(33)28-16-23(31-9-11-36-12-10-31)19-7-8-24(34-5)25(13-19)35-6/h7-8,13-15,17-18,23H,9-12,16H2,1-6H3,(H,28,33)/t23-/m1/s1. The van der Waals surface area contributed by atoms with E-state index in [0.717, 1.165) is 35.4 Å². The van der Waals surface area contributed by atoms with E-state index in [-0.39, 0.29) is 23.9 Å². The average molecular weight is 496 g/mol. The SMILES string of the molecule is COc1ccc([C@@H](CNC(=O)c2cc(C(C)C)nc3c2cnn3C(C)C)N2CCOCC2)cc1OC. The molecule has 0 bridgehead atoms. The van der Waals surface area contributed by atoms with Crippen LogP contribution in [0.25, 0.3) is 11.0 Å². The van der Waals surface area contributed by atoms with E-state index >= 15 is 0 Å². The zero-order chi connectivity index (χ0) is 25.8. The number of hydrogen-bond acceptors (Lipinski definition) is 7. The van der Waals surface area contributed by atoms with Gasteiger partial charge >= 0.3 is 0 Å². The highest BCUT2D eigenvalue weighted by atomic mass is 16.5. The number of amides is 1. The van der Waals surface area contributed by atoms with Gasteiger partial charge in [0.1, 0.15) is 0 Å². The Balaban J connectivity index is 1.65. The van der Waals surface area contributed by atoms with Crippen molar-refractivity contribution in [3.05, 3.63) is 47.3 Å². The molecule has 1 aromatic carbocycles. The van der Waals surface area contributed by atoms with E-state index in [0.29, 0.717) is 36.8 Å². The Kier molecular flexibility index (Phi) is 8.11. The third-order valence-electron chi connectivity index (χ3n) is 6.65. The van der Waals surface area contributed by atoms with Crippen LogP contribution in [0, 0.1) is 0 Å². The van der Waals surface area contributed by atoms with Crippen molar-refractivity contribution in [2.45, 2.75) is 45.7 Å². The molecule has 1 atom stereocenters. The summed E-state index contributed by atoms with van der Waals surface area (Å²) in [7, 11) is 3.25. The first-order valence-corrected chi connectivity index (χ1v) is 12.5. The highest BCUT2D eigenvalue weighted by Crippen LogP contribution is 2.32. The number of benzene rings is 1. The van der Waals surface area contributed by atoms with Gasteiger partial charge in [0.15, 0.2) is 17.1 Å². The molecule has 1 amide bonds. The summed E-state index contributed by atoms with van der Waals surface area (Å²) in [4.78, 5) is 20.8. The molecule has 9 nitrogen and oxygen atoms in total. The van der Waals surface area contributed by atoms with E-state index < -0.39 is 0 Å². The molecular weight excluding hydrogens is 458 g/mol. The van der Waals surface area contributed by atoms with E-state index in [9.17, 15) is 4.79 Å². The Morgan fingerprint density at radius 1 is 1.08 bits per heavy atom. The number of rotatable bonds is 9. The summed E-state index contributed by atoms with van der Waals surface area (Å²) in [5, 5.41) is 8.48. The smallest absolute Gasteiger partial charge is 0.252 e. The molecule has 1 saturated heterocycles. The molecule has 9 heteroatoms. The van der Waals surface area contributed by atoms with Crippen LogP contribution in [-0.4, -0.2) is 72.6 Å². The highest BCUT2D eigenvalue weighted by Gasteiger charge is 2.26. The molecule has 3 heterocycles. The Hall–Kier alpha value is -3.17. The first-order valence-electron chi connectivity index (χ1n) is 12.5. The van der Waals surface area contributed by atoms with Crippen LogP contribution in [0.4, 0.5) is 0 Å². The molecule has 4 rings (SSSR count). The number of nitrogens with one attached hydrogen (secondary N) is 1. The third-order valence-corrected chi connectivity index (χ3v) is 6.65. The van der Waals surface area contributed by atoms with Gasteiger partial charge in [0.05, 0.1) is 50.6 Å². The van der Waals surface area contributed by atoms with Crippen molar-refractivity contribution in [3.8, 4) is 11.5 Å². The van der Waals surface area contributed by atoms with Crippen molar-refractivity contribution >= 4 is 16.9 Å². The van der Waals surface area contributed by atoms with Crippen LogP contribution < -0.4 is 14.8 Å². The second kappa shape index (κ2) is 11.3. The van der Waals surface area contributed by atoms with Crippen LogP contribution >= 0.6 is 0 Å². The summed E-state index contributed by atoms with van der Waals surface area (Å²) in [6, 6.07) is 7.92. The summed E-state index contributed by atoms with van der Waals surface area (Å²) in [5.74, 6) is 1.39. The van der Waals surface area contributed by atoms with Crippen molar-refractivity contribution < 1.29 is 19.0 Å². The van der Waals surface area contributed by atoms with Gasteiger partial charge in [-0.25, -0.2) is 9.67 Å². The molecule has 1 N–H and O–H groups in total. The molecule has 3 aromatic rings. The van der Waals surface area contributed by atoms with Crippen LogP contribution in [0.2, 0.25) is 0 Å². The second-order valence-corrected chi connectivity index (χ2v) is 9.66. The summed E-state index contributed by atoms with van der Waals surface area (Å²) in [6.45, 7) is 11.6. The lowest BCUT2D eigenvalue weighted by Gasteiger charge is -2.35. The number of aromatic nitrogens is 3. The number of morpholine rings is 1. The minimum absolute atomic E-state index is 0.0436. The number of methoxy groups -OCH3 is 2. The summed E-state index contributed by atoms with van der Waals surface area (Å²) >= 11 is 0. The van der Waals surface area contributed by atoms with Crippen molar-refractivity contribution in [2.24, 2.45) is 0 Å². The largest absolute Gasteiger partial charge is 0.493 e. The van der Waals surface area contributed by atoms with Gasteiger partial charge < -0.3 is 19.5 Å². The van der Waals surface area contributed by atoms with E-state index in [1.165, 1.54) is 0 Å². The molecule has 1 aliphatic rings. The molecule has 0 saturated carbocycles.